The van der Waals surface area contributed by atoms with E-state index >= 15 is 0 Å². The van der Waals surface area contributed by atoms with Crippen molar-refractivity contribution in [3.05, 3.63) is 35.2 Å². The molecule has 4 nitrogen and oxygen atoms in total. The molecule has 3 rings (SSSR count). The molecular formula is C21H29N3O. The second-order valence-electron chi connectivity index (χ2n) is 7.37. The highest BCUT2D eigenvalue weighted by atomic mass is 16.1. The van der Waals surface area contributed by atoms with Gasteiger partial charge in [0, 0.05) is 11.6 Å². The van der Waals surface area contributed by atoms with Gasteiger partial charge in [-0.05, 0) is 49.3 Å². The molecule has 0 spiro atoms. The number of benzene rings is 1. The topological polar surface area (TPSA) is 54.9 Å². The largest absolute Gasteiger partial charge is 0.349 e. The van der Waals surface area contributed by atoms with Crippen molar-refractivity contribution in [2.45, 2.75) is 65.8 Å². The molecule has 3 atom stereocenters. The lowest BCUT2D eigenvalue weighted by atomic mass is 9.78. The van der Waals surface area contributed by atoms with Crippen molar-refractivity contribution < 1.29 is 4.79 Å². The highest BCUT2D eigenvalue weighted by Gasteiger charge is 2.28. The van der Waals surface area contributed by atoms with Crippen molar-refractivity contribution in [1.82, 2.24) is 15.3 Å². The summed E-state index contributed by atoms with van der Waals surface area (Å²) < 4.78 is 0. The number of carbonyl (C=O) groups excluding carboxylic acids is 1. The fourth-order valence-corrected chi connectivity index (χ4v) is 3.87. The average Bonchev–Trinajstić information content (AvgIpc) is 2.63. The average molecular weight is 339 g/mol. The number of amides is 1. The number of nitrogens with zero attached hydrogens (tertiary/aromatic N) is 2. The van der Waals surface area contributed by atoms with Crippen molar-refractivity contribution >= 4 is 16.9 Å². The molecule has 134 valence electrons. The summed E-state index contributed by atoms with van der Waals surface area (Å²) >= 11 is 0. The van der Waals surface area contributed by atoms with Crippen LogP contribution >= 0.6 is 0 Å². The number of aromatic nitrogens is 2. The van der Waals surface area contributed by atoms with Crippen molar-refractivity contribution in [3.63, 3.8) is 0 Å². The lowest BCUT2D eigenvalue weighted by molar-refractivity contribution is 0.0891. The zero-order valence-corrected chi connectivity index (χ0v) is 15.8. The van der Waals surface area contributed by atoms with Crippen LogP contribution in [0.4, 0.5) is 0 Å². The van der Waals surface area contributed by atoms with Crippen LogP contribution in [-0.2, 0) is 12.8 Å². The monoisotopic (exact) mass is 339 g/mol. The molecule has 1 aliphatic carbocycles. The Kier molecular flexibility index (Phi) is 5.36. The summed E-state index contributed by atoms with van der Waals surface area (Å²) in [5.74, 6) is 1.20. The minimum absolute atomic E-state index is 0.00673. The van der Waals surface area contributed by atoms with Gasteiger partial charge in [-0.15, -0.1) is 0 Å². The summed E-state index contributed by atoms with van der Waals surface area (Å²) in [7, 11) is 0. The Morgan fingerprint density at radius 1 is 1.08 bits per heavy atom. The van der Waals surface area contributed by atoms with E-state index in [2.05, 4.69) is 33.0 Å². The Bertz CT molecular complexity index is 771. The number of aryl methyl sites for hydroxylation is 2. The summed E-state index contributed by atoms with van der Waals surface area (Å²) in [4.78, 5) is 22.2. The highest BCUT2D eigenvalue weighted by molar-refractivity contribution is 5.97. The van der Waals surface area contributed by atoms with Gasteiger partial charge in [-0.25, -0.2) is 9.97 Å². The first-order chi connectivity index (χ1) is 12.0. The van der Waals surface area contributed by atoms with Crippen LogP contribution < -0.4 is 5.32 Å². The number of carbonyl (C=O) groups is 1. The molecule has 0 unspecified atom stereocenters. The Labute approximate surface area is 150 Å². The van der Waals surface area contributed by atoms with E-state index in [4.69, 9.17) is 9.97 Å². The molecule has 0 radical (unpaired) electrons. The van der Waals surface area contributed by atoms with Crippen LogP contribution in [0, 0.1) is 11.8 Å². The molecule has 0 bridgehead atoms. The van der Waals surface area contributed by atoms with Crippen LogP contribution in [0.2, 0.25) is 0 Å². The highest BCUT2D eigenvalue weighted by Crippen LogP contribution is 2.29. The zero-order chi connectivity index (χ0) is 18.0. The SMILES string of the molecule is CCc1nc2ccc(C(=O)N[C@@H]3CCC[C@@H](C)[C@H]3C)cc2nc1CC. The Hall–Kier alpha value is -1.97. The van der Waals surface area contributed by atoms with Gasteiger partial charge in [-0.1, -0.05) is 40.5 Å². The number of fused-ring (bicyclic) bond motifs is 1. The van der Waals surface area contributed by atoms with Gasteiger partial charge in [0.05, 0.1) is 22.4 Å². The molecule has 1 fully saturated rings. The van der Waals surface area contributed by atoms with Crippen LogP contribution in [0.1, 0.15) is 68.7 Å². The van der Waals surface area contributed by atoms with Gasteiger partial charge in [0.25, 0.3) is 5.91 Å². The molecule has 1 N–H and O–H groups in total. The van der Waals surface area contributed by atoms with Crippen LogP contribution in [0.3, 0.4) is 0 Å². The molecule has 0 aliphatic heterocycles. The van der Waals surface area contributed by atoms with Gasteiger partial charge < -0.3 is 5.32 Å². The maximum Gasteiger partial charge on any atom is 0.251 e. The summed E-state index contributed by atoms with van der Waals surface area (Å²) in [6, 6.07) is 5.94. The van der Waals surface area contributed by atoms with Gasteiger partial charge in [-0.3, -0.25) is 4.79 Å². The van der Waals surface area contributed by atoms with Gasteiger partial charge in [-0.2, -0.15) is 0 Å². The van der Waals surface area contributed by atoms with Crippen LogP contribution in [-0.4, -0.2) is 21.9 Å². The fraction of sp³-hybridized carbons (Fsp3) is 0.571. The first kappa shape index (κ1) is 17.8. The van der Waals surface area contributed by atoms with E-state index in [1.165, 1.54) is 12.8 Å². The van der Waals surface area contributed by atoms with Gasteiger partial charge in [0.15, 0.2) is 0 Å². The normalized spacial score (nSPS) is 23.6. The molecule has 4 heteroatoms. The van der Waals surface area contributed by atoms with Gasteiger partial charge >= 0.3 is 0 Å². The third-order valence-electron chi connectivity index (χ3n) is 5.77. The van der Waals surface area contributed by atoms with Gasteiger partial charge in [0.2, 0.25) is 0 Å². The molecule has 25 heavy (non-hydrogen) atoms. The Morgan fingerprint density at radius 3 is 2.44 bits per heavy atom. The van der Waals surface area contributed by atoms with Crippen molar-refractivity contribution in [1.29, 1.82) is 0 Å². The fourth-order valence-electron chi connectivity index (χ4n) is 3.87. The standard InChI is InChI=1S/C21H29N3O/c1-5-16-17(6-2)23-20-12-15(10-11-19(20)22-16)21(25)24-18-9-7-8-13(3)14(18)4/h10-14,18H,5-9H2,1-4H3,(H,24,25)/t13-,14-,18-/m1/s1. The van der Waals surface area contributed by atoms with Gasteiger partial charge in [0.1, 0.15) is 0 Å². The predicted molar refractivity (Wildman–Crippen MR) is 102 cm³/mol. The number of hydrogen-bond acceptors (Lipinski definition) is 3. The molecular weight excluding hydrogens is 310 g/mol. The van der Waals surface area contributed by atoms with E-state index in [9.17, 15) is 4.79 Å². The second kappa shape index (κ2) is 7.51. The molecule has 1 aromatic heterocycles. The molecule has 0 saturated heterocycles. The second-order valence-corrected chi connectivity index (χ2v) is 7.37. The molecule has 1 saturated carbocycles. The molecule has 1 amide bonds. The number of hydrogen-bond donors (Lipinski definition) is 1. The maximum atomic E-state index is 12.7. The molecule has 1 heterocycles. The number of rotatable bonds is 4. The summed E-state index contributed by atoms with van der Waals surface area (Å²) in [5, 5.41) is 3.24. The van der Waals surface area contributed by atoms with Crippen molar-refractivity contribution in [2.75, 3.05) is 0 Å². The predicted octanol–water partition coefficient (Wildman–Crippen LogP) is 4.31. The third-order valence-corrected chi connectivity index (χ3v) is 5.77. The minimum Gasteiger partial charge on any atom is -0.349 e. The molecule has 1 aliphatic rings. The smallest absolute Gasteiger partial charge is 0.251 e. The quantitative estimate of drug-likeness (QED) is 0.903. The van der Waals surface area contributed by atoms with E-state index in [0.717, 1.165) is 41.7 Å². The van der Waals surface area contributed by atoms with E-state index in [1.807, 2.05) is 18.2 Å². The Balaban J connectivity index is 1.84. The molecule has 1 aromatic carbocycles. The van der Waals surface area contributed by atoms with E-state index in [0.29, 0.717) is 17.4 Å². The van der Waals surface area contributed by atoms with E-state index < -0.39 is 0 Å². The first-order valence-corrected chi connectivity index (χ1v) is 9.63. The summed E-state index contributed by atoms with van der Waals surface area (Å²) in [5.41, 5.74) is 4.44. The third kappa shape index (κ3) is 3.68. The summed E-state index contributed by atoms with van der Waals surface area (Å²) in [6.07, 6.45) is 5.27. The maximum absolute atomic E-state index is 12.7. The van der Waals surface area contributed by atoms with Crippen molar-refractivity contribution in [3.8, 4) is 0 Å². The van der Waals surface area contributed by atoms with Crippen LogP contribution in [0.5, 0.6) is 0 Å². The lowest BCUT2D eigenvalue weighted by Gasteiger charge is -2.34. The lowest BCUT2D eigenvalue weighted by Crippen LogP contribution is -2.43. The van der Waals surface area contributed by atoms with Crippen molar-refractivity contribution in [2.24, 2.45) is 11.8 Å². The van der Waals surface area contributed by atoms with Crippen LogP contribution in [0.15, 0.2) is 18.2 Å². The summed E-state index contributed by atoms with van der Waals surface area (Å²) in [6.45, 7) is 8.73. The van der Waals surface area contributed by atoms with E-state index in [1.54, 1.807) is 0 Å². The minimum atomic E-state index is 0.00673. The molecule has 2 aromatic rings. The first-order valence-electron chi connectivity index (χ1n) is 9.63. The van der Waals surface area contributed by atoms with Crippen LogP contribution in [0.25, 0.3) is 11.0 Å². The Morgan fingerprint density at radius 2 is 1.76 bits per heavy atom. The zero-order valence-electron chi connectivity index (χ0n) is 15.8. The van der Waals surface area contributed by atoms with E-state index in [-0.39, 0.29) is 11.9 Å². The number of nitrogens with one attached hydrogen (secondary N) is 1.